The molecule has 0 saturated carbocycles. The largest absolute Gasteiger partial charge is 0.300 e. The van der Waals surface area contributed by atoms with E-state index in [0.717, 1.165) is 11.3 Å². The number of nitrogens with one attached hydrogen (secondary N) is 1. The van der Waals surface area contributed by atoms with Gasteiger partial charge in [-0.05, 0) is 24.3 Å². The van der Waals surface area contributed by atoms with E-state index < -0.39 is 0 Å². The average Bonchev–Trinajstić information content (AvgIpc) is 2.41. The number of rotatable bonds is 3. The summed E-state index contributed by atoms with van der Waals surface area (Å²) in [7, 11) is 0. The fourth-order valence-electron chi connectivity index (χ4n) is 1.35. The van der Waals surface area contributed by atoms with Crippen LogP contribution < -0.4 is 5.32 Å². The van der Waals surface area contributed by atoms with Crippen molar-refractivity contribution >= 4 is 0 Å². The topological polar surface area (TPSA) is 37.8 Å². The van der Waals surface area contributed by atoms with Crippen molar-refractivity contribution in [3.05, 3.63) is 59.9 Å². The summed E-state index contributed by atoms with van der Waals surface area (Å²) in [6, 6.07) is 13.8. The first-order valence-corrected chi connectivity index (χ1v) is 5.46. The Morgan fingerprint density at radius 1 is 1.06 bits per heavy atom. The Kier molecular flexibility index (Phi) is 4.27. The molecule has 3 heteroatoms. The van der Waals surface area contributed by atoms with Gasteiger partial charge in [-0.25, -0.2) is 0 Å². The van der Waals surface area contributed by atoms with E-state index in [1.165, 1.54) is 0 Å². The minimum absolute atomic E-state index is 0.644. The van der Waals surface area contributed by atoms with Gasteiger partial charge in [-0.3, -0.25) is 0 Å². The molecule has 0 aliphatic heterocycles. The maximum absolute atomic E-state index is 3.97. The highest BCUT2D eigenvalue weighted by molar-refractivity contribution is 5.33. The molecule has 0 spiro atoms. The molecule has 3 nitrogen and oxygen atoms in total. The SMILES string of the molecule is C(#Cc1ccccc1)CNCc1cccnn1. The smallest absolute Gasteiger partial charge is 0.0769 e. The zero-order valence-corrected chi connectivity index (χ0v) is 9.43. The zero-order valence-electron chi connectivity index (χ0n) is 9.43. The van der Waals surface area contributed by atoms with Crippen LogP contribution in [-0.2, 0) is 6.54 Å². The summed E-state index contributed by atoms with van der Waals surface area (Å²) >= 11 is 0. The Bertz CT molecular complexity index is 497. The Balaban J connectivity index is 1.76. The van der Waals surface area contributed by atoms with Gasteiger partial charge < -0.3 is 5.32 Å². The molecule has 17 heavy (non-hydrogen) atoms. The molecule has 0 fully saturated rings. The first-order valence-electron chi connectivity index (χ1n) is 5.46. The maximum Gasteiger partial charge on any atom is 0.0769 e. The van der Waals surface area contributed by atoms with Crippen LogP contribution in [0.4, 0.5) is 0 Å². The van der Waals surface area contributed by atoms with E-state index in [1.807, 2.05) is 42.5 Å². The molecule has 0 radical (unpaired) electrons. The van der Waals surface area contributed by atoms with Crippen molar-refractivity contribution in [2.24, 2.45) is 0 Å². The number of hydrogen-bond donors (Lipinski definition) is 1. The minimum Gasteiger partial charge on any atom is -0.300 e. The molecular weight excluding hydrogens is 210 g/mol. The van der Waals surface area contributed by atoms with Gasteiger partial charge in [0.05, 0.1) is 12.2 Å². The standard InChI is InChI=1S/C14H13N3/c1-2-6-13(7-3-1)8-4-10-15-12-14-9-5-11-16-17-14/h1-3,5-7,9,11,15H,10,12H2. The summed E-state index contributed by atoms with van der Waals surface area (Å²) in [5.74, 6) is 6.15. The van der Waals surface area contributed by atoms with Crippen LogP contribution in [0.5, 0.6) is 0 Å². The molecule has 0 aliphatic rings. The van der Waals surface area contributed by atoms with Crippen LogP contribution in [0, 0.1) is 11.8 Å². The van der Waals surface area contributed by atoms with Crippen LogP contribution in [0.25, 0.3) is 0 Å². The van der Waals surface area contributed by atoms with Crippen LogP contribution in [0.2, 0.25) is 0 Å². The quantitative estimate of drug-likeness (QED) is 0.634. The highest BCUT2D eigenvalue weighted by Crippen LogP contribution is 1.94. The first kappa shape index (κ1) is 11.3. The summed E-state index contributed by atoms with van der Waals surface area (Å²) < 4.78 is 0. The predicted molar refractivity (Wildman–Crippen MR) is 67.1 cm³/mol. The predicted octanol–water partition coefficient (Wildman–Crippen LogP) is 1.62. The van der Waals surface area contributed by atoms with E-state index in [9.17, 15) is 0 Å². The Morgan fingerprint density at radius 3 is 2.71 bits per heavy atom. The van der Waals surface area contributed by atoms with Gasteiger partial charge in [0.15, 0.2) is 0 Å². The summed E-state index contributed by atoms with van der Waals surface area (Å²) in [4.78, 5) is 0. The lowest BCUT2D eigenvalue weighted by Crippen LogP contribution is -2.14. The van der Waals surface area contributed by atoms with E-state index in [4.69, 9.17) is 0 Å². The minimum atomic E-state index is 0.644. The van der Waals surface area contributed by atoms with E-state index in [2.05, 4.69) is 27.4 Å². The Labute approximate surface area is 101 Å². The summed E-state index contributed by atoms with van der Waals surface area (Å²) in [5, 5.41) is 11.0. The van der Waals surface area contributed by atoms with Crippen molar-refractivity contribution in [2.45, 2.75) is 6.54 Å². The van der Waals surface area contributed by atoms with Crippen molar-refractivity contribution in [2.75, 3.05) is 6.54 Å². The van der Waals surface area contributed by atoms with Crippen LogP contribution in [0.15, 0.2) is 48.7 Å². The lowest BCUT2D eigenvalue weighted by Gasteiger charge is -1.97. The summed E-state index contributed by atoms with van der Waals surface area (Å²) in [5.41, 5.74) is 1.96. The molecule has 2 rings (SSSR count). The lowest BCUT2D eigenvalue weighted by atomic mass is 10.2. The van der Waals surface area contributed by atoms with Gasteiger partial charge in [0.25, 0.3) is 0 Å². The van der Waals surface area contributed by atoms with Crippen molar-refractivity contribution in [3.8, 4) is 11.8 Å². The highest BCUT2D eigenvalue weighted by Gasteiger charge is 1.90. The third-order valence-electron chi connectivity index (χ3n) is 2.15. The molecule has 0 saturated heterocycles. The van der Waals surface area contributed by atoms with E-state index in [0.29, 0.717) is 13.1 Å². The summed E-state index contributed by atoms with van der Waals surface area (Å²) in [6.45, 7) is 1.34. The normalized spacial score (nSPS) is 9.41. The van der Waals surface area contributed by atoms with Crippen molar-refractivity contribution in [1.29, 1.82) is 0 Å². The first-order chi connectivity index (χ1) is 8.45. The molecule has 0 amide bonds. The monoisotopic (exact) mass is 223 g/mol. The Hall–Kier alpha value is -2.18. The molecule has 0 aliphatic carbocycles. The number of aromatic nitrogens is 2. The second kappa shape index (κ2) is 6.41. The fourth-order valence-corrected chi connectivity index (χ4v) is 1.35. The van der Waals surface area contributed by atoms with Gasteiger partial charge >= 0.3 is 0 Å². The summed E-state index contributed by atoms with van der Waals surface area (Å²) in [6.07, 6.45) is 1.67. The highest BCUT2D eigenvalue weighted by atomic mass is 15.1. The van der Waals surface area contributed by atoms with E-state index in [-0.39, 0.29) is 0 Å². The van der Waals surface area contributed by atoms with Crippen LogP contribution >= 0.6 is 0 Å². The van der Waals surface area contributed by atoms with Crippen LogP contribution in [0.3, 0.4) is 0 Å². The second-order valence-corrected chi connectivity index (χ2v) is 3.49. The van der Waals surface area contributed by atoms with Crippen molar-refractivity contribution in [1.82, 2.24) is 15.5 Å². The molecule has 0 bridgehead atoms. The molecular formula is C14H13N3. The van der Waals surface area contributed by atoms with Crippen LogP contribution in [-0.4, -0.2) is 16.7 Å². The van der Waals surface area contributed by atoms with Crippen molar-refractivity contribution in [3.63, 3.8) is 0 Å². The fraction of sp³-hybridized carbons (Fsp3) is 0.143. The second-order valence-electron chi connectivity index (χ2n) is 3.49. The van der Waals surface area contributed by atoms with Gasteiger partial charge in [0.2, 0.25) is 0 Å². The van der Waals surface area contributed by atoms with E-state index in [1.54, 1.807) is 6.20 Å². The molecule has 0 atom stereocenters. The van der Waals surface area contributed by atoms with Gasteiger partial charge in [-0.2, -0.15) is 10.2 Å². The van der Waals surface area contributed by atoms with Gasteiger partial charge in [0, 0.05) is 18.3 Å². The molecule has 84 valence electrons. The van der Waals surface area contributed by atoms with Gasteiger partial charge in [0.1, 0.15) is 0 Å². The number of hydrogen-bond acceptors (Lipinski definition) is 3. The zero-order chi connectivity index (χ0) is 11.8. The van der Waals surface area contributed by atoms with Crippen LogP contribution in [0.1, 0.15) is 11.3 Å². The van der Waals surface area contributed by atoms with Crippen molar-refractivity contribution < 1.29 is 0 Å². The average molecular weight is 223 g/mol. The van der Waals surface area contributed by atoms with Gasteiger partial charge in [-0.1, -0.05) is 30.0 Å². The molecule has 2 aromatic rings. The lowest BCUT2D eigenvalue weighted by molar-refractivity contribution is 0.732. The molecule has 0 unspecified atom stereocenters. The molecule has 1 heterocycles. The number of nitrogens with zero attached hydrogens (tertiary/aromatic N) is 2. The van der Waals surface area contributed by atoms with Gasteiger partial charge in [-0.15, -0.1) is 0 Å². The molecule has 1 N–H and O–H groups in total. The molecule has 1 aromatic carbocycles. The third-order valence-corrected chi connectivity index (χ3v) is 2.15. The Morgan fingerprint density at radius 2 is 1.94 bits per heavy atom. The van der Waals surface area contributed by atoms with E-state index >= 15 is 0 Å². The molecule has 1 aromatic heterocycles. The number of benzene rings is 1. The maximum atomic E-state index is 3.97. The third kappa shape index (κ3) is 4.06.